The zero-order valence-corrected chi connectivity index (χ0v) is 20.0. The number of aliphatic hydroxyl groups is 1. The van der Waals surface area contributed by atoms with Crippen LogP contribution in [-0.2, 0) is 19.9 Å². The number of nitrogens with zero attached hydrogens (tertiary/aromatic N) is 3. The van der Waals surface area contributed by atoms with Gasteiger partial charge >= 0.3 is 5.97 Å². The van der Waals surface area contributed by atoms with Crippen molar-refractivity contribution >= 4 is 17.7 Å². The Morgan fingerprint density at radius 2 is 1.92 bits per heavy atom. The number of anilines is 1. The second-order valence-corrected chi connectivity index (χ2v) is 10.5. The highest BCUT2D eigenvalue weighted by molar-refractivity contribution is 5.90. The molecular formula is C26H31F2N4O4+. The van der Waals surface area contributed by atoms with Crippen molar-refractivity contribution < 1.29 is 32.7 Å². The van der Waals surface area contributed by atoms with Crippen LogP contribution < -0.4 is 5.32 Å². The maximum atomic E-state index is 14.1. The standard InChI is InChI=1S/C26H30F2N4O4/c27-25(28)10-6-20(14-25)26(35,19-4-2-1-3-5-19)24(34)36-21-15-32(12-8-18(21)9-13-32)16-23(33)31-22-7-11-29-17-30-22/h1-5,7,11,17-18,20-21,35H,6,8-10,12-16H2/p+1/t18?,20?,21-,26?,32?/m0/s1. The van der Waals surface area contributed by atoms with Gasteiger partial charge in [0, 0.05) is 43.7 Å². The van der Waals surface area contributed by atoms with Crippen LogP contribution in [0.4, 0.5) is 14.6 Å². The number of fused-ring (bicyclic) bond motifs is 3. The van der Waals surface area contributed by atoms with Crippen LogP contribution in [0, 0.1) is 11.8 Å². The third-order valence-corrected chi connectivity index (χ3v) is 8.15. The molecule has 0 spiro atoms. The number of halogens is 2. The molecule has 8 nitrogen and oxygen atoms in total. The van der Waals surface area contributed by atoms with Crippen molar-refractivity contribution in [3.05, 3.63) is 54.5 Å². The number of amides is 1. The summed E-state index contributed by atoms with van der Waals surface area (Å²) >= 11 is 0. The molecule has 1 amide bonds. The van der Waals surface area contributed by atoms with Gasteiger partial charge < -0.3 is 19.6 Å². The Bertz CT molecular complexity index is 1100. The Kier molecular flexibility index (Phi) is 6.50. The fraction of sp³-hybridized carbons (Fsp3) is 0.538. The van der Waals surface area contributed by atoms with Crippen molar-refractivity contribution in [3.63, 3.8) is 0 Å². The molecule has 2 bridgehead atoms. The SMILES string of the molecule is O=C(C[N+]12CCC(CC1)[C@@H](OC(=O)C(O)(c1ccccc1)C1CCC(F)(F)C1)C2)Nc1ccncn1. The number of quaternary nitrogens is 1. The number of piperidine rings is 3. The number of nitrogens with one attached hydrogen (secondary N) is 1. The minimum atomic E-state index is -2.92. The highest BCUT2D eigenvalue weighted by atomic mass is 19.3. The van der Waals surface area contributed by atoms with E-state index in [1.165, 1.54) is 6.33 Å². The molecule has 1 aromatic heterocycles. The average Bonchev–Trinajstić information content (AvgIpc) is 3.25. The summed E-state index contributed by atoms with van der Waals surface area (Å²) in [4.78, 5) is 34.2. The number of esters is 1. The van der Waals surface area contributed by atoms with Crippen LogP contribution in [0.15, 0.2) is 48.9 Å². The monoisotopic (exact) mass is 501 g/mol. The fourth-order valence-corrected chi connectivity index (χ4v) is 6.17. The Balaban J connectivity index is 1.31. The summed E-state index contributed by atoms with van der Waals surface area (Å²) < 4.78 is 34.6. The van der Waals surface area contributed by atoms with Gasteiger partial charge in [0.1, 0.15) is 18.7 Å². The first-order chi connectivity index (χ1) is 17.2. The van der Waals surface area contributed by atoms with E-state index < -0.39 is 35.9 Å². The molecule has 0 radical (unpaired) electrons. The fourth-order valence-electron chi connectivity index (χ4n) is 6.17. The number of carbonyl (C=O) groups is 2. The Hall–Kier alpha value is -2.98. The van der Waals surface area contributed by atoms with Gasteiger partial charge in [0.2, 0.25) is 5.92 Å². The van der Waals surface area contributed by atoms with Crippen LogP contribution >= 0.6 is 0 Å². The highest BCUT2D eigenvalue weighted by Crippen LogP contribution is 2.48. The molecule has 1 aliphatic carbocycles. The van der Waals surface area contributed by atoms with E-state index in [0.29, 0.717) is 16.8 Å². The zero-order chi connectivity index (χ0) is 25.4. The Morgan fingerprint density at radius 3 is 2.56 bits per heavy atom. The molecule has 192 valence electrons. The van der Waals surface area contributed by atoms with Gasteiger partial charge in [0.15, 0.2) is 18.2 Å². The molecule has 4 aliphatic rings. The second-order valence-electron chi connectivity index (χ2n) is 10.5. The van der Waals surface area contributed by atoms with Crippen molar-refractivity contribution in [1.29, 1.82) is 0 Å². The predicted molar refractivity (Wildman–Crippen MR) is 126 cm³/mol. The van der Waals surface area contributed by atoms with Gasteiger partial charge in [-0.15, -0.1) is 0 Å². The van der Waals surface area contributed by atoms with Gasteiger partial charge in [-0.05, 0) is 18.1 Å². The van der Waals surface area contributed by atoms with Crippen molar-refractivity contribution in [3.8, 4) is 0 Å². The van der Waals surface area contributed by atoms with Crippen LogP contribution in [0.5, 0.6) is 0 Å². The summed E-state index contributed by atoms with van der Waals surface area (Å²) in [6.07, 6.45) is 3.07. The van der Waals surface area contributed by atoms with Crippen molar-refractivity contribution in [2.24, 2.45) is 11.8 Å². The summed E-state index contributed by atoms with van der Waals surface area (Å²) in [5, 5.41) is 14.5. The number of ether oxygens (including phenoxy) is 1. The first kappa shape index (κ1) is 24.7. The highest BCUT2D eigenvalue weighted by Gasteiger charge is 2.56. The van der Waals surface area contributed by atoms with Crippen molar-refractivity contribution in [2.45, 2.75) is 49.7 Å². The van der Waals surface area contributed by atoms with E-state index in [4.69, 9.17) is 4.74 Å². The minimum Gasteiger partial charge on any atom is -0.454 e. The number of aromatic nitrogens is 2. The summed E-state index contributed by atoms with van der Waals surface area (Å²) in [5.74, 6) is -4.39. The molecule has 4 heterocycles. The quantitative estimate of drug-likeness (QED) is 0.447. The Morgan fingerprint density at radius 1 is 1.17 bits per heavy atom. The summed E-state index contributed by atoms with van der Waals surface area (Å²) in [6, 6.07) is 9.87. The summed E-state index contributed by atoms with van der Waals surface area (Å²) in [7, 11) is 0. The molecule has 2 aromatic rings. The van der Waals surface area contributed by atoms with Crippen molar-refractivity contribution in [1.82, 2.24) is 9.97 Å². The molecule has 3 atom stereocenters. The van der Waals surface area contributed by atoms with E-state index in [0.717, 1.165) is 25.9 Å². The zero-order valence-electron chi connectivity index (χ0n) is 20.0. The summed E-state index contributed by atoms with van der Waals surface area (Å²) in [5.41, 5.74) is -1.88. The maximum Gasteiger partial charge on any atom is 0.343 e. The number of hydrogen-bond donors (Lipinski definition) is 2. The molecule has 6 rings (SSSR count). The third-order valence-electron chi connectivity index (χ3n) is 8.15. The lowest BCUT2D eigenvalue weighted by Crippen LogP contribution is -2.66. The van der Waals surface area contributed by atoms with Gasteiger partial charge in [-0.1, -0.05) is 30.3 Å². The smallest absolute Gasteiger partial charge is 0.343 e. The van der Waals surface area contributed by atoms with E-state index in [1.54, 1.807) is 42.6 Å². The number of hydrogen-bond acceptors (Lipinski definition) is 6. The van der Waals surface area contributed by atoms with Crippen LogP contribution in [-0.4, -0.2) is 69.6 Å². The molecule has 3 aliphatic heterocycles. The van der Waals surface area contributed by atoms with Crippen LogP contribution in [0.1, 0.15) is 37.7 Å². The predicted octanol–water partition coefficient (Wildman–Crippen LogP) is 2.89. The van der Waals surface area contributed by atoms with Gasteiger partial charge in [-0.25, -0.2) is 23.5 Å². The molecule has 3 saturated heterocycles. The van der Waals surface area contributed by atoms with Gasteiger partial charge in [0.05, 0.1) is 13.1 Å². The number of rotatable bonds is 7. The van der Waals surface area contributed by atoms with Gasteiger partial charge in [-0.3, -0.25) is 4.79 Å². The lowest BCUT2D eigenvalue weighted by atomic mass is 9.79. The Labute approximate surface area is 208 Å². The molecule has 2 N–H and O–H groups in total. The minimum absolute atomic E-state index is 0.0325. The normalized spacial score (nSPS) is 30.4. The van der Waals surface area contributed by atoms with E-state index >= 15 is 0 Å². The van der Waals surface area contributed by atoms with E-state index in [1.807, 2.05) is 0 Å². The van der Waals surface area contributed by atoms with Crippen LogP contribution in [0.3, 0.4) is 0 Å². The first-order valence-electron chi connectivity index (χ1n) is 12.5. The third kappa shape index (κ3) is 4.84. The largest absolute Gasteiger partial charge is 0.454 e. The molecule has 1 saturated carbocycles. The first-order valence-corrected chi connectivity index (χ1v) is 12.5. The van der Waals surface area contributed by atoms with E-state index in [9.17, 15) is 23.5 Å². The van der Waals surface area contributed by atoms with Crippen LogP contribution in [0.25, 0.3) is 0 Å². The number of alkyl halides is 2. The topological polar surface area (TPSA) is 101 Å². The molecular weight excluding hydrogens is 470 g/mol. The van der Waals surface area contributed by atoms with E-state index in [2.05, 4.69) is 15.3 Å². The number of carbonyl (C=O) groups excluding carboxylic acids is 2. The number of benzene rings is 1. The molecule has 1 aromatic carbocycles. The second kappa shape index (κ2) is 9.48. The maximum absolute atomic E-state index is 14.1. The lowest BCUT2D eigenvalue weighted by molar-refractivity contribution is -0.939. The summed E-state index contributed by atoms with van der Waals surface area (Å²) in [6.45, 7) is 2.23. The molecule has 10 heteroatoms. The molecule has 4 fully saturated rings. The van der Waals surface area contributed by atoms with Crippen molar-refractivity contribution in [2.75, 3.05) is 31.5 Å². The van der Waals surface area contributed by atoms with Crippen LogP contribution in [0.2, 0.25) is 0 Å². The van der Waals surface area contributed by atoms with Gasteiger partial charge in [-0.2, -0.15) is 0 Å². The van der Waals surface area contributed by atoms with E-state index in [-0.39, 0.29) is 36.8 Å². The molecule has 2 unspecified atom stereocenters. The lowest BCUT2D eigenvalue weighted by Gasteiger charge is -2.51. The molecule has 36 heavy (non-hydrogen) atoms. The van der Waals surface area contributed by atoms with Gasteiger partial charge in [0.25, 0.3) is 5.91 Å². The average molecular weight is 502 g/mol.